The summed E-state index contributed by atoms with van der Waals surface area (Å²) in [4.78, 5) is 11.8. The van der Waals surface area contributed by atoms with Gasteiger partial charge in [0.2, 0.25) is 10.1 Å². The van der Waals surface area contributed by atoms with Crippen molar-refractivity contribution in [3.63, 3.8) is 0 Å². The van der Waals surface area contributed by atoms with E-state index in [4.69, 9.17) is 9.47 Å². The van der Waals surface area contributed by atoms with Gasteiger partial charge in [0.1, 0.15) is 0 Å². The fraction of sp³-hybridized carbons (Fsp3) is 0.750. The van der Waals surface area contributed by atoms with Crippen LogP contribution in [0.1, 0.15) is 29.6 Å². The van der Waals surface area contributed by atoms with E-state index in [9.17, 15) is 4.79 Å². The Morgan fingerprint density at radius 2 is 2.10 bits per heavy atom. The molecule has 0 aliphatic rings. The third-order valence-corrected chi connectivity index (χ3v) is 3.21. The van der Waals surface area contributed by atoms with Crippen molar-refractivity contribution >= 4 is 22.4 Å². The Balaban J connectivity index is 2.14. The number of methoxy groups -OCH3 is 1. The van der Waals surface area contributed by atoms with E-state index in [1.54, 1.807) is 7.11 Å². The quantitative estimate of drug-likeness (QED) is 0.596. The highest BCUT2D eigenvalue weighted by atomic mass is 32.1. The highest BCUT2D eigenvalue weighted by Gasteiger charge is 2.11. The van der Waals surface area contributed by atoms with Crippen LogP contribution in [0.4, 0.5) is 5.13 Å². The molecule has 1 aromatic rings. The molecule has 0 aliphatic heterocycles. The molecule has 7 nitrogen and oxygen atoms in total. The van der Waals surface area contributed by atoms with Gasteiger partial charge in [0.25, 0.3) is 5.91 Å². The maximum Gasteiger partial charge on any atom is 0.282 e. The van der Waals surface area contributed by atoms with Crippen LogP contribution >= 0.6 is 11.3 Å². The lowest BCUT2D eigenvalue weighted by atomic mass is 10.4. The van der Waals surface area contributed by atoms with Gasteiger partial charge < -0.3 is 20.1 Å². The lowest BCUT2D eigenvalue weighted by Crippen LogP contribution is -2.25. The fourth-order valence-electron chi connectivity index (χ4n) is 1.31. The number of anilines is 1. The number of amides is 1. The normalized spacial score (nSPS) is 10.5. The Morgan fingerprint density at radius 3 is 2.85 bits per heavy atom. The van der Waals surface area contributed by atoms with Crippen LogP contribution in [-0.4, -0.2) is 56.1 Å². The summed E-state index contributed by atoms with van der Waals surface area (Å²) >= 11 is 1.26. The van der Waals surface area contributed by atoms with Crippen molar-refractivity contribution in [1.82, 2.24) is 15.5 Å². The Labute approximate surface area is 123 Å². The second-order valence-electron chi connectivity index (χ2n) is 4.05. The molecule has 20 heavy (non-hydrogen) atoms. The molecule has 1 heterocycles. The Morgan fingerprint density at radius 1 is 1.25 bits per heavy atom. The minimum atomic E-state index is -0.191. The van der Waals surface area contributed by atoms with Crippen molar-refractivity contribution in [1.29, 1.82) is 0 Å². The predicted octanol–water partition coefficient (Wildman–Crippen LogP) is 1.14. The molecule has 0 bridgehead atoms. The van der Waals surface area contributed by atoms with Gasteiger partial charge in [-0.2, -0.15) is 0 Å². The fourth-order valence-corrected chi connectivity index (χ4v) is 2.00. The average Bonchev–Trinajstić information content (AvgIpc) is 2.93. The van der Waals surface area contributed by atoms with Crippen molar-refractivity contribution in [3.05, 3.63) is 5.01 Å². The first-order valence-electron chi connectivity index (χ1n) is 6.70. The number of aromatic nitrogens is 2. The maximum atomic E-state index is 11.8. The van der Waals surface area contributed by atoms with E-state index >= 15 is 0 Å². The number of carbonyl (C=O) groups is 1. The minimum absolute atomic E-state index is 0.191. The van der Waals surface area contributed by atoms with Crippen LogP contribution < -0.4 is 10.6 Å². The molecule has 0 spiro atoms. The molecule has 1 amide bonds. The second kappa shape index (κ2) is 10.5. The Hall–Kier alpha value is -1.25. The van der Waals surface area contributed by atoms with Gasteiger partial charge in [0.05, 0.1) is 13.2 Å². The molecule has 8 heteroatoms. The number of rotatable bonds is 11. The first kappa shape index (κ1) is 16.8. The average molecular weight is 302 g/mol. The van der Waals surface area contributed by atoms with E-state index in [0.717, 1.165) is 19.4 Å². The van der Waals surface area contributed by atoms with Crippen LogP contribution in [0.2, 0.25) is 0 Å². The van der Waals surface area contributed by atoms with Crippen molar-refractivity contribution in [3.8, 4) is 0 Å². The molecule has 1 aromatic heterocycles. The molecule has 0 saturated carbocycles. The molecular weight excluding hydrogens is 280 g/mol. The molecule has 0 aromatic carbocycles. The van der Waals surface area contributed by atoms with E-state index in [-0.39, 0.29) is 5.91 Å². The first-order chi connectivity index (χ1) is 9.77. The van der Waals surface area contributed by atoms with Gasteiger partial charge in [-0.05, 0) is 12.8 Å². The lowest BCUT2D eigenvalue weighted by Gasteiger charge is -2.04. The van der Waals surface area contributed by atoms with Crippen molar-refractivity contribution in [2.45, 2.75) is 19.8 Å². The first-order valence-corrected chi connectivity index (χ1v) is 7.51. The van der Waals surface area contributed by atoms with E-state index in [2.05, 4.69) is 27.8 Å². The van der Waals surface area contributed by atoms with Crippen LogP contribution in [-0.2, 0) is 9.47 Å². The summed E-state index contributed by atoms with van der Waals surface area (Å²) < 4.78 is 10.2. The Bertz CT molecular complexity index is 387. The largest absolute Gasteiger partial charge is 0.382 e. The van der Waals surface area contributed by atoms with Gasteiger partial charge in [0, 0.05) is 26.8 Å². The lowest BCUT2D eigenvalue weighted by molar-refractivity contribution is 0.0688. The number of hydrogen-bond donors (Lipinski definition) is 2. The molecule has 0 unspecified atom stereocenters. The zero-order valence-corrected chi connectivity index (χ0v) is 12.8. The number of nitrogens with one attached hydrogen (secondary N) is 2. The van der Waals surface area contributed by atoms with Gasteiger partial charge in [-0.1, -0.05) is 18.3 Å². The van der Waals surface area contributed by atoms with Crippen LogP contribution in [0.15, 0.2) is 0 Å². The molecule has 0 fully saturated rings. The van der Waals surface area contributed by atoms with Gasteiger partial charge in [-0.15, -0.1) is 10.2 Å². The summed E-state index contributed by atoms with van der Waals surface area (Å²) in [6.45, 7) is 5.22. The topological polar surface area (TPSA) is 85.4 Å². The summed E-state index contributed by atoms with van der Waals surface area (Å²) in [5.41, 5.74) is 0. The molecule has 0 atom stereocenters. The molecule has 2 N–H and O–H groups in total. The van der Waals surface area contributed by atoms with Crippen LogP contribution in [0.25, 0.3) is 0 Å². The Kier molecular flexibility index (Phi) is 8.84. The van der Waals surface area contributed by atoms with Crippen molar-refractivity contribution in [2.24, 2.45) is 0 Å². The second-order valence-corrected chi connectivity index (χ2v) is 5.03. The molecule has 0 saturated heterocycles. The minimum Gasteiger partial charge on any atom is -0.382 e. The SMILES string of the molecule is CCCNc1nnc(C(=O)NCCCOCCOC)s1. The molecule has 0 aliphatic carbocycles. The summed E-state index contributed by atoms with van der Waals surface area (Å²) in [5.74, 6) is -0.191. The van der Waals surface area contributed by atoms with E-state index in [1.807, 2.05) is 0 Å². The van der Waals surface area contributed by atoms with Crippen LogP contribution in [0.3, 0.4) is 0 Å². The number of hydrogen-bond acceptors (Lipinski definition) is 7. The van der Waals surface area contributed by atoms with E-state index in [1.165, 1.54) is 11.3 Å². The van der Waals surface area contributed by atoms with Crippen molar-refractivity contribution < 1.29 is 14.3 Å². The van der Waals surface area contributed by atoms with Gasteiger partial charge in [0.15, 0.2) is 0 Å². The van der Waals surface area contributed by atoms with E-state index in [0.29, 0.717) is 36.5 Å². The highest BCUT2D eigenvalue weighted by Crippen LogP contribution is 2.14. The van der Waals surface area contributed by atoms with Gasteiger partial charge >= 0.3 is 0 Å². The summed E-state index contributed by atoms with van der Waals surface area (Å²) in [5, 5.41) is 14.7. The standard InChI is InChI=1S/C12H22N4O3S/c1-3-5-14-12-16-15-11(20-12)10(17)13-6-4-7-19-9-8-18-2/h3-9H2,1-2H3,(H,13,17)(H,14,16). The zero-order chi connectivity index (χ0) is 14.6. The van der Waals surface area contributed by atoms with Gasteiger partial charge in [-0.25, -0.2) is 0 Å². The maximum absolute atomic E-state index is 11.8. The smallest absolute Gasteiger partial charge is 0.282 e. The molecule has 0 radical (unpaired) electrons. The molecular formula is C12H22N4O3S. The third kappa shape index (κ3) is 6.78. The number of ether oxygens (including phenoxy) is 2. The van der Waals surface area contributed by atoms with Crippen LogP contribution in [0, 0.1) is 0 Å². The number of nitrogens with zero attached hydrogens (tertiary/aromatic N) is 2. The van der Waals surface area contributed by atoms with E-state index < -0.39 is 0 Å². The zero-order valence-electron chi connectivity index (χ0n) is 12.0. The highest BCUT2D eigenvalue weighted by molar-refractivity contribution is 7.17. The summed E-state index contributed by atoms with van der Waals surface area (Å²) in [6.07, 6.45) is 1.76. The van der Waals surface area contributed by atoms with Crippen molar-refractivity contribution in [2.75, 3.05) is 45.3 Å². The summed E-state index contributed by atoms with van der Waals surface area (Å²) in [6, 6.07) is 0. The number of carbonyl (C=O) groups excluding carboxylic acids is 1. The van der Waals surface area contributed by atoms with Crippen LogP contribution in [0.5, 0.6) is 0 Å². The molecule has 114 valence electrons. The third-order valence-electron chi connectivity index (χ3n) is 2.33. The summed E-state index contributed by atoms with van der Waals surface area (Å²) in [7, 11) is 1.63. The van der Waals surface area contributed by atoms with Gasteiger partial charge in [-0.3, -0.25) is 4.79 Å². The monoisotopic (exact) mass is 302 g/mol. The predicted molar refractivity (Wildman–Crippen MR) is 78.3 cm³/mol. The molecule has 1 rings (SSSR count).